The van der Waals surface area contributed by atoms with Crippen molar-refractivity contribution >= 4 is 11.6 Å². The van der Waals surface area contributed by atoms with Gasteiger partial charge in [-0.05, 0) is 99.2 Å². The first-order valence-corrected chi connectivity index (χ1v) is 13.9. The van der Waals surface area contributed by atoms with Gasteiger partial charge < -0.3 is 9.47 Å². The Morgan fingerprint density at radius 2 is 0.854 bits per heavy atom. The van der Waals surface area contributed by atoms with E-state index in [0.29, 0.717) is 33.8 Å². The molecule has 0 radical (unpaired) electrons. The summed E-state index contributed by atoms with van der Waals surface area (Å²) in [5, 5.41) is 0. The maximum absolute atomic E-state index is 13.9. The van der Waals surface area contributed by atoms with E-state index >= 15 is 0 Å². The van der Waals surface area contributed by atoms with Crippen LogP contribution < -0.4 is 9.47 Å². The second-order valence-corrected chi connectivity index (χ2v) is 11.7. The fourth-order valence-electron chi connectivity index (χ4n) is 6.06. The summed E-state index contributed by atoms with van der Waals surface area (Å²) < 4.78 is 11.3. The minimum absolute atomic E-state index is 0.0644. The molecule has 212 valence electrons. The lowest BCUT2D eigenvalue weighted by molar-refractivity contribution is 0.102. The summed E-state index contributed by atoms with van der Waals surface area (Å²) in [5.41, 5.74) is 9.81. The zero-order valence-electron chi connectivity index (χ0n) is 25.9. The minimum atomic E-state index is -0.530. The molecule has 0 unspecified atom stereocenters. The molecule has 0 aliphatic heterocycles. The third-order valence-electron chi connectivity index (χ3n) is 8.14. The van der Waals surface area contributed by atoms with E-state index in [-0.39, 0.29) is 11.6 Å². The molecule has 4 rings (SSSR count). The van der Waals surface area contributed by atoms with E-state index in [1.165, 1.54) is 0 Å². The molecule has 0 fully saturated rings. The molecule has 4 aromatic carbocycles. The molecule has 0 N–H and O–H groups in total. The predicted octanol–water partition coefficient (Wildman–Crippen LogP) is 8.34. The Kier molecular flexibility index (Phi) is 8.26. The number of carbonyl (C=O) groups is 2. The van der Waals surface area contributed by atoms with E-state index in [4.69, 9.17) is 9.47 Å². The van der Waals surface area contributed by atoms with Crippen molar-refractivity contribution in [1.29, 1.82) is 0 Å². The van der Waals surface area contributed by atoms with Gasteiger partial charge in [0, 0.05) is 16.5 Å². The van der Waals surface area contributed by atoms with Crippen molar-refractivity contribution in [3.8, 4) is 11.5 Å². The van der Waals surface area contributed by atoms with Crippen LogP contribution in [-0.2, 0) is 5.41 Å². The van der Waals surface area contributed by atoms with E-state index in [0.717, 1.165) is 44.5 Å². The number of methoxy groups -OCH3 is 2. The molecule has 0 atom stereocenters. The van der Waals surface area contributed by atoms with Gasteiger partial charge in [0.05, 0.1) is 25.3 Å². The van der Waals surface area contributed by atoms with Gasteiger partial charge in [-0.15, -0.1) is 0 Å². The van der Waals surface area contributed by atoms with Gasteiger partial charge in [0.25, 0.3) is 0 Å². The van der Waals surface area contributed by atoms with Gasteiger partial charge >= 0.3 is 0 Å². The predicted molar refractivity (Wildman–Crippen MR) is 166 cm³/mol. The molecule has 0 aromatic heterocycles. The Hall–Kier alpha value is -4.18. The molecular weight excluding hydrogens is 508 g/mol. The third-order valence-corrected chi connectivity index (χ3v) is 8.14. The summed E-state index contributed by atoms with van der Waals surface area (Å²) in [5.74, 6) is 0.936. The molecule has 0 aliphatic rings. The van der Waals surface area contributed by atoms with Crippen molar-refractivity contribution < 1.29 is 19.1 Å². The number of carbonyl (C=O) groups excluding carboxylic acids is 2. The molecule has 0 spiro atoms. The van der Waals surface area contributed by atoms with E-state index < -0.39 is 5.41 Å². The van der Waals surface area contributed by atoms with Gasteiger partial charge in [-0.2, -0.15) is 0 Å². The number of hydrogen-bond donors (Lipinski definition) is 0. The molecular formula is C37H40O4. The second kappa shape index (κ2) is 11.4. The van der Waals surface area contributed by atoms with Crippen molar-refractivity contribution in [2.24, 2.45) is 0 Å². The number of rotatable bonds is 8. The number of ether oxygens (including phenoxy) is 2. The molecule has 0 bridgehead atoms. The summed E-state index contributed by atoms with van der Waals surface area (Å²) in [4.78, 5) is 27.9. The first-order chi connectivity index (χ1) is 19.3. The van der Waals surface area contributed by atoms with Gasteiger partial charge in [0.15, 0.2) is 11.6 Å². The van der Waals surface area contributed by atoms with Crippen molar-refractivity contribution in [2.75, 3.05) is 14.2 Å². The monoisotopic (exact) mass is 548 g/mol. The fraction of sp³-hybridized carbons (Fsp3) is 0.297. The number of benzene rings is 4. The van der Waals surface area contributed by atoms with Crippen LogP contribution in [-0.4, -0.2) is 25.8 Å². The zero-order valence-corrected chi connectivity index (χ0v) is 25.9. The van der Waals surface area contributed by atoms with Crippen molar-refractivity contribution in [1.82, 2.24) is 0 Å². The number of aryl methyl sites for hydroxylation is 6. The van der Waals surface area contributed by atoms with Crippen LogP contribution in [0.5, 0.6) is 11.5 Å². The SMILES string of the molecule is COc1ccc(C(C)(C)c2ccc(OC)c(C(=O)c3c(C)cc(C)cc3C)c2)cc1C(=O)c1c(C)cc(C)cc1C. The average Bonchev–Trinajstić information content (AvgIpc) is 2.90. The maximum atomic E-state index is 13.9. The summed E-state index contributed by atoms with van der Waals surface area (Å²) >= 11 is 0. The Morgan fingerprint density at radius 1 is 0.537 bits per heavy atom. The largest absolute Gasteiger partial charge is 0.496 e. The molecule has 4 heteroatoms. The molecule has 4 aromatic rings. The van der Waals surface area contributed by atoms with Gasteiger partial charge in [-0.25, -0.2) is 0 Å². The highest BCUT2D eigenvalue weighted by Crippen LogP contribution is 2.38. The summed E-state index contributed by atoms with van der Waals surface area (Å²) in [6, 6.07) is 19.7. The van der Waals surface area contributed by atoms with Crippen LogP contribution in [0, 0.1) is 41.5 Å². The van der Waals surface area contributed by atoms with E-state index in [1.807, 2.05) is 102 Å². The van der Waals surface area contributed by atoms with Gasteiger partial charge in [-0.1, -0.05) is 61.4 Å². The summed E-state index contributed by atoms with van der Waals surface area (Å²) in [7, 11) is 3.17. The average molecular weight is 549 g/mol. The quantitative estimate of drug-likeness (QED) is 0.208. The zero-order chi connectivity index (χ0) is 30.2. The number of ketones is 2. The van der Waals surface area contributed by atoms with Crippen LogP contribution in [0.25, 0.3) is 0 Å². The molecule has 4 nitrogen and oxygen atoms in total. The molecule has 0 amide bonds. The molecule has 0 saturated carbocycles. The van der Waals surface area contributed by atoms with Gasteiger partial charge in [0.2, 0.25) is 0 Å². The van der Waals surface area contributed by atoms with Crippen LogP contribution in [0.1, 0.15) is 90.2 Å². The van der Waals surface area contributed by atoms with Crippen molar-refractivity contribution in [2.45, 2.75) is 60.8 Å². The van der Waals surface area contributed by atoms with Gasteiger partial charge in [-0.3, -0.25) is 9.59 Å². The normalized spacial score (nSPS) is 11.4. The Balaban J connectivity index is 1.83. The lowest BCUT2D eigenvalue weighted by atomic mass is 9.76. The molecule has 0 heterocycles. The minimum Gasteiger partial charge on any atom is -0.496 e. The molecule has 0 aliphatic carbocycles. The Bertz CT molecular complexity index is 1500. The van der Waals surface area contributed by atoms with Crippen LogP contribution in [0.4, 0.5) is 0 Å². The second-order valence-electron chi connectivity index (χ2n) is 11.7. The van der Waals surface area contributed by atoms with Crippen LogP contribution in [0.2, 0.25) is 0 Å². The van der Waals surface area contributed by atoms with Crippen molar-refractivity contribution in [3.05, 3.63) is 127 Å². The van der Waals surface area contributed by atoms with E-state index in [9.17, 15) is 9.59 Å². The van der Waals surface area contributed by atoms with E-state index in [1.54, 1.807) is 14.2 Å². The highest BCUT2D eigenvalue weighted by molar-refractivity contribution is 6.13. The highest BCUT2D eigenvalue weighted by atomic mass is 16.5. The van der Waals surface area contributed by atoms with Crippen LogP contribution >= 0.6 is 0 Å². The number of hydrogen-bond acceptors (Lipinski definition) is 4. The molecule has 0 saturated heterocycles. The van der Waals surface area contributed by atoms with Crippen molar-refractivity contribution in [3.63, 3.8) is 0 Å². The maximum Gasteiger partial charge on any atom is 0.197 e. The summed E-state index contributed by atoms with van der Waals surface area (Å²) in [6.07, 6.45) is 0. The molecule has 41 heavy (non-hydrogen) atoms. The lowest BCUT2D eigenvalue weighted by Crippen LogP contribution is -2.21. The van der Waals surface area contributed by atoms with E-state index in [2.05, 4.69) is 13.8 Å². The lowest BCUT2D eigenvalue weighted by Gasteiger charge is -2.28. The van der Waals surface area contributed by atoms with Crippen LogP contribution in [0.3, 0.4) is 0 Å². The first-order valence-electron chi connectivity index (χ1n) is 13.9. The highest BCUT2D eigenvalue weighted by Gasteiger charge is 2.29. The third kappa shape index (κ3) is 5.56. The Labute approximate surface area is 244 Å². The first kappa shape index (κ1) is 29.8. The standard InChI is InChI=1S/C37H40O4/c1-21-15-23(3)33(24(4)16-21)35(38)29-19-27(11-13-31(29)40-9)37(7,8)28-12-14-32(41-10)30(20-28)36(39)34-25(5)17-22(2)18-26(34)6/h11-20H,1-10H3. The topological polar surface area (TPSA) is 52.6 Å². The smallest absolute Gasteiger partial charge is 0.197 e. The fourth-order valence-corrected chi connectivity index (χ4v) is 6.06. The van der Waals surface area contributed by atoms with Gasteiger partial charge in [0.1, 0.15) is 11.5 Å². The van der Waals surface area contributed by atoms with Crippen LogP contribution in [0.15, 0.2) is 60.7 Å². The summed E-state index contributed by atoms with van der Waals surface area (Å²) in [6.45, 7) is 16.2. The Morgan fingerprint density at radius 3 is 1.15 bits per heavy atom.